The van der Waals surface area contributed by atoms with Crippen LogP contribution in [0.25, 0.3) is 10.2 Å². The molecule has 1 fully saturated rings. The van der Waals surface area contributed by atoms with Crippen LogP contribution >= 0.6 is 11.3 Å². The van der Waals surface area contributed by atoms with Gasteiger partial charge < -0.3 is 5.32 Å². The second-order valence-corrected chi connectivity index (χ2v) is 7.00. The molecule has 0 unspecified atom stereocenters. The molecule has 2 aromatic rings. The molecule has 0 saturated heterocycles. The molecule has 2 aromatic heterocycles. The SMILES string of the molecule is CCCC1CCC(c2nc(NCC)c3ccsc3n2)CC1. The Balaban J connectivity index is 1.80. The zero-order valence-electron chi connectivity index (χ0n) is 13.1. The number of nitrogens with zero attached hydrogens (tertiary/aromatic N) is 2. The Kier molecular flexibility index (Phi) is 4.73. The molecule has 0 amide bonds. The molecule has 114 valence electrons. The minimum atomic E-state index is 0.557. The van der Waals surface area contributed by atoms with E-state index >= 15 is 0 Å². The third-order valence-electron chi connectivity index (χ3n) is 4.60. The lowest BCUT2D eigenvalue weighted by Crippen LogP contribution is -2.16. The summed E-state index contributed by atoms with van der Waals surface area (Å²) in [6.45, 7) is 5.32. The van der Waals surface area contributed by atoms with Crippen molar-refractivity contribution in [1.82, 2.24) is 9.97 Å². The molecule has 1 aliphatic carbocycles. The van der Waals surface area contributed by atoms with Crippen molar-refractivity contribution < 1.29 is 0 Å². The molecule has 0 bridgehead atoms. The molecule has 4 heteroatoms. The van der Waals surface area contributed by atoms with Crippen LogP contribution in [0.3, 0.4) is 0 Å². The first-order valence-corrected chi connectivity index (χ1v) is 9.18. The smallest absolute Gasteiger partial charge is 0.138 e. The van der Waals surface area contributed by atoms with E-state index in [1.54, 1.807) is 11.3 Å². The van der Waals surface area contributed by atoms with Crippen molar-refractivity contribution in [1.29, 1.82) is 0 Å². The van der Waals surface area contributed by atoms with E-state index in [9.17, 15) is 0 Å². The van der Waals surface area contributed by atoms with Gasteiger partial charge in [-0.2, -0.15) is 0 Å². The summed E-state index contributed by atoms with van der Waals surface area (Å²) >= 11 is 1.72. The summed E-state index contributed by atoms with van der Waals surface area (Å²) in [6.07, 6.45) is 7.92. The third-order valence-corrected chi connectivity index (χ3v) is 5.40. The minimum Gasteiger partial charge on any atom is -0.370 e. The fourth-order valence-corrected chi connectivity index (χ4v) is 4.25. The van der Waals surface area contributed by atoms with Crippen molar-refractivity contribution in [3.8, 4) is 0 Å². The van der Waals surface area contributed by atoms with Gasteiger partial charge in [-0.3, -0.25) is 0 Å². The van der Waals surface area contributed by atoms with Crippen LogP contribution in [-0.4, -0.2) is 16.5 Å². The largest absolute Gasteiger partial charge is 0.370 e. The number of anilines is 1. The highest BCUT2D eigenvalue weighted by Gasteiger charge is 2.24. The Bertz CT molecular complexity index is 585. The lowest BCUT2D eigenvalue weighted by molar-refractivity contribution is 0.303. The van der Waals surface area contributed by atoms with Gasteiger partial charge in [-0.1, -0.05) is 19.8 Å². The first-order valence-electron chi connectivity index (χ1n) is 8.30. The highest BCUT2D eigenvalue weighted by Crippen LogP contribution is 2.37. The average Bonchev–Trinajstić information content (AvgIpc) is 2.97. The topological polar surface area (TPSA) is 37.8 Å². The van der Waals surface area contributed by atoms with Crippen LogP contribution in [0, 0.1) is 5.92 Å². The van der Waals surface area contributed by atoms with Crippen LogP contribution in [-0.2, 0) is 0 Å². The van der Waals surface area contributed by atoms with E-state index in [2.05, 4.69) is 30.6 Å². The fourth-order valence-electron chi connectivity index (χ4n) is 3.47. The van der Waals surface area contributed by atoms with Crippen molar-refractivity contribution in [2.24, 2.45) is 5.92 Å². The van der Waals surface area contributed by atoms with E-state index in [1.165, 1.54) is 43.9 Å². The van der Waals surface area contributed by atoms with Crippen molar-refractivity contribution in [2.45, 2.75) is 58.3 Å². The zero-order chi connectivity index (χ0) is 14.7. The third kappa shape index (κ3) is 3.20. The van der Waals surface area contributed by atoms with Gasteiger partial charge in [0.25, 0.3) is 0 Å². The van der Waals surface area contributed by atoms with Crippen molar-refractivity contribution in [2.75, 3.05) is 11.9 Å². The van der Waals surface area contributed by atoms with Crippen LogP contribution in [0.4, 0.5) is 5.82 Å². The summed E-state index contributed by atoms with van der Waals surface area (Å²) in [5, 5.41) is 6.69. The number of nitrogens with one attached hydrogen (secondary N) is 1. The highest BCUT2D eigenvalue weighted by molar-refractivity contribution is 7.16. The number of thiophene rings is 1. The van der Waals surface area contributed by atoms with E-state index in [0.717, 1.165) is 28.9 Å². The van der Waals surface area contributed by atoms with Gasteiger partial charge in [0, 0.05) is 12.5 Å². The van der Waals surface area contributed by atoms with Crippen LogP contribution in [0.5, 0.6) is 0 Å². The summed E-state index contributed by atoms with van der Waals surface area (Å²) in [7, 11) is 0. The van der Waals surface area contributed by atoms with Gasteiger partial charge in [0.05, 0.1) is 5.39 Å². The van der Waals surface area contributed by atoms with E-state index in [0.29, 0.717) is 5.92 Å². The number of aromatic nitrogens is 2. The predicted molar refractivity (Wildman–Crippen MR) is 91.2 cm³/mol. The number of hydrogen-bond donors (Lipinski definition) is 1. The second-order valence-electron chi connectivity index (χ2n) is 6.11. The van der Waals surface area contributed by atoms with Gasteiger partial charge in [0.2, 0.25) is 0 Å². The summed E-state index contributed by atoms with van der Waals surface area (Å²) < 4.78 is 0. The maximum atomic E-state index is 4.84. The van der Waals surface area contributed by atoms with Crippen LogP contribution in [0.1, 0.15) is 64.1 Å². The van der Waals surface area contributed by atoms with Gasteiger partial charge in [-0.25, -0.2) is 9.97 Å². The standard InChI is InChI=1S/C17H25N3S/c1-3-5-12-6-8-13(9-7-12)15-19-16(18-4-2)14-10-11-21-17(14)20-15/h10-13H,3-9H2,1-2H3,(H,18,19,20). The van der Waals surface area contributed by atoms with Crippen LogP contribution < -0.4 is 5.32 Å². The van der Waals surface area contributed by atoms with Crippen molar-refractivity contribution >= 4 is 27.4 Å². The second kappa shape index (κ2) is 6.73. The molecule has 0 radical (unpaired) electrons. The molecule has 1 saturated carbocycles. The molecule has 0 aliphatic heterocycles. The lowest BCUT2D eigenvalue weighted by atomic mass is 9.80. The monoisotopic (exact) mass is 303 g/mol. The maximum absolute atomic E-state index is 4.84. The fraction of sp³-hybridized carbons (Fsp3) is 0.647. The van der Waals surface area contributed by atoms with E-state index < -0.39 is 0 Å². The molecule has 0 aromatic carbocycles. The lowest BCUT2D eigenvalue weighted by Gasteiger charge is -2.27. The van der Waals surface area contributed by atoms with Crippen LogP contribution in [0.15, 0.2) is 11.4 Å². The molecular formula is C17H25N3S. The maximum Gasteiger partial charge on any atom is 0.138 e. The van der Waals surface area contributed by atoms with E-state index in [-0.39, 0.29) is 0 Å². The quantitative estimate of drug-likeness (QED) is 0.825. The molecule has 1 N–H and O–H groups in total. The van der Waals surface area contributed by atoms with Crippen molar-refractivity contribution in [3.63, 3.8) is 0 Å². The average molecular weight is 303 g/mol. The zero-order valence-corrected chi connectivity index (χ0v) is 13.9. The van der Waals surface area contributed by atoms with Crippen molar-refractivity contribution in [3.05, 3.63) is 17.3 Å². The van der Waals surface area contributed by atoms with Gasteiger partial charge >= 0.3 is 0 Å². The Morgan fingerprint density at radius 2 is 2.00 bits per heavy atom. The Labute approximate surface area is 131 Å². The van der Waals surface area contributed by atoms with Crippen LogP contribution in [0.2, 0.25) is 0 Å². The summed E-state index contributed by atoms with van der Waals surface area (Å²) in [5.74, 6) is 3.58. The Hall–Kier alpha value is -1.16. The minimum absolute atomic E-state index is 0.557. The van der Waals surface area contributed by atoms with Gasteiger partial charge in [0.15, 0.2) is 0 Å². The molecular weight excluding hydrogens is 278 g/mol. The van der Waals surface area contributed by atoms with E-state index in [1.807, 2.05) is 0 Å². The highest BCUT2D eigenvalue weighted by atomic mass is 32.1. The molecule has 0 atom stereocenters. The molecule has 3 rings (SSSR count). The number of fused-ring (bicyclic) bond motifs is 1. The summed E-state index contributed by atoms with van der Waals surface area (Å²) in [6, 6.07) is 2.12. The van der Waals surface area contributed by atoms with Gasteiger partial charge in [-0.05, 0) is 50.0 Å². The molecule has 21 heavy (non-hydrogen) atoms. The molecule has 3 nitrogen and oxygen atoms in total. The number of hydrogen-bond acceptors (Lipinski definition) is 4. The predicted octanol–water partition coefficient (Wildman–Crippen LogP) is 5.20. The van der Waals surface area contributed by atoms with Gasteiger partial charge in [0.1, 0.15) is 16.5 Å². The van der Waals surface area contributed by atoms with E-state index in [4.69, 9.17) is 9.97 Å². The number of rotatable bonds is 5. The molecule has 1 aliphatic rings. The van der Waals surface area contributed by atoms with Gasteiger partial charge in [-0.15, -0.1) is 11.3 Å². The first-order chi connectivity index (χ1) is 10.3. The normalized spacial score (nSPS) is 22.6. The Morgan fingerprint density at radius 3 is 2.71 bits per heavy atom. The molecule has 0 spiro atoms. The summed E-state index contributed by atoms with van der Waals surface area (Å²) in [4.78, 5) is 10.8. The first kappa shape index (κ1) is 14.8. The molecule has 2 heterocycles. The summed E-state index contributed by atoms with van der Waals surface area (Å²) in [5.41, 5.74) is 0. The Morgan fingerprint density at radius 1 is 1.19 bits per heavy atom.